The second-order valence-corrected chi connectivity index (χ2v) is 2.24. The highest BCUT2D eigenvalue weighted by Crippen LogP contribution is 2.24. The largest absolute Gasteiger partial charge is 0.469 e. The van der Waals surface area contributed by atoms with Gasteiger partial charge in [-0.25, -0.2) is 0 Å². The summed E-state index contributed by atoms with van der Waals surface area (Å²) >= 11 is 0. The van der Waals surface area contributed by atoms with E-state index in [1.165, 1.54) is 6.92 Å². The van der Waals surface area contributed by atoms with Crippen molar-refractivity contribution in [2.24, 2.45) is 5.92 Å². The summed E-state index contributed by atoms with van der Waals surface area (Å²) in [6.07, 6.45) is -5.42. The molecule has 0 rings (SSSR count). The molecule has 0 N–H and O–H groups in total. The average molecular weight is 170 g/mol. The van der Waals surface area contributed by atoms with Crippen LogP contribution in [0.5, 0.6) is 0 Å². The minimum absolute atomic E-state index is 0.831. The molecule has 0 heterocycles. The first-order valence-electron chi connectivity index (χ1n) is 3.01. The van der Waals surface area contributed by atoms with Crippen LogP contribution in [0.25, 0.3) is 0 Å². The van der Waals surface area contributed by atoms with Crippen LogP contribution >= 0.6 is 0 Å². The number of carbonyl (C=O) groups is 1. The average Bonchev–Trinajstić information content (AvgIpc) is 1.82. The number of carbonyl (C=O) groups excluding carboxylic acids is 1. The zero-order valence-corrected chi connectivity index (χ0v) is 6.23. The highest BCUT2D eigenvalue weighted by molar-refractivity contribution is 5.71. The molecule has 0 aromatic carbocycles. The molecule has 0 bridgehead atoms. The van der Waals surface area contributed by atoms with Crippen molar-refractivity contribution in [2.75, 3.05) is 7.11 Å². The van der Waals surface area contributed by atoms with E-state index in [2.05, 4.69) is 4.74 Å². The van der Waals surface area contributed by atoms with E-state index in [0.29, 0.717) is 0 Å². The molecule has 0 aliphatic carbocycles. The van der Waals surface area contributed by atoms with Gasteiger partial charge in [-0.15, -0.1) is 0 Å². The van der Waals surface area contributed by atoms with Crippen molar-refractivity contribution in [3.63, 3.8) is 0 Å². The Labute approximate surface area is 62.3 Å². The molecule has 0 aromatic rings. The van der Waals surface area contributed by atoms with Crippen molar-refractivity contribution in [3.8, 4) is 0 Å². The van der Waals surface area contributed by atoms with Gasteiger partial charge in [0.1, 0.15) is 0 Å². The maximum absolute atomic E-state index is 11.6. The van der Waals surface area contributed by atoms with E-state index >= 15 is 0 Å². The minimum Gasteiger partial charge on any atom is -0.469 e. The predicted octanol–water partition coefficient (Wildman–Crippen LogP) is 1.75. The van der Waals surface area contributed by atoms with Gasteiger partial charge in [0.05, 0.1) is 19.4 Å². The van der Waals surface area contributed by atoms with Crippen molar-refractivity contribution in [2.45, 2.75) is 19.5 Å². The quantitative estimate of drug-likeness (QED) is 0.590. The fourth-order valence-electron chi connectivity index (χ4n) is 0.632. The van der Waals surface area contributed by atoms with Gasteiger partial charge in [-0.05, 0) is 0 Å². The Bertz CT molecular complexity index is 141. The smallest absolute Gasteiger partial charge is 0.389 e. The summed E-state index contributed by atoms with van der Waals surface area (Å²) in [4.78, 5) is 10.5. The first kappa shape index (κ1) is 10.3. The van der Waals surface area contributed by atoms with Crippen molar-refractivity contribution in [3.05, 3.63) is 0 Å². The van der Waals surface area contributed by atoms with Gasteiger partial charge in [-0.3, -0.25) is 4.79 Å². The molecule has 66 valence electrons. The van der Waals surface area contributed by atoms with Gasteiger partial charge in [-0.2, -0.15) is 13.2 Å². The van der Waals surface area contributed by atoms with Crippen LogP contribution in [0.15, 0.2) is 0 Å². The number of alkyl halides is 3. The summed E-state index contributed by atoms with van der Waals surface area (Å²) in [5.41, 5.74) is 0. The summed E-state index contributed by atoms with van der Waals surface area (Å²) in [5.74, 6) is -1.94. The Kier molecular flexibility index (Phi) is 3.35. The van der Waals surface area contributed by atoms with Gasteiger partial charge in [-0.1, -0.05) is 6.92 Å². The molecule has 0 spiro atoms. The second-order valence-electron chi connectivity index (χ2n) is 2.24. The van der Waals surface area contributed by atoms with Crippen molar-refractivity contribution in [1.82, 2.24) is 0 Å². The fourth-order valence-corrected chi connectivity index (χ4v) is 0.632. The SMILES string of the molecule is COC(=O)C(C)CC(F)(F)F. The highest BCUT2D eigenvalue weighted by Gasteiger charge is 2.33. The Hall–Kier alpha value is -0.740. The van der Waals surface area contributed by atoms with E-state index in [4.69, 9.17) is 0 Å². The number of esters is 1. The molecule has 2 nitrogen and oxygen atoms in total. The molecule has 0 aliphatic rings. The molecule has 0 amide bonds. The monoisotopic (exact) mass is 170 g/mol. The van der Waals surface area contributed by atoms with E-state index < -0.39 is 24.5 Å². The fraction of sp³-hybridized carbons (Fsp3) is 0.833. The summed E-state index contributed by atoms with van der Waals surface area (Å²) < 4.78 is 38.9. The molecule has 1 atom stereocenters. The molecule has 0 aromatic heterocycles. The standard InChI is InChI=1S/C6H9F3O2/c1-4(5(10)11-2)3-6(7,8)9/h4H,3H2,1-2H3. The van der Waals surface area contributed by atoms with Crippen LogP contribution < -0.4 is 0 Å². The molecule has 11 heavy (non-hydrogen) atoms. The minimum atomic E-state index is -4.30. The van der Waals surface area contributed by atoms with Crippen LogP contribution in [0.2, 0.25) is 0 Å². The third-order valence-electron chi connectivity index (χ3n) is 1.14. The van der Waals surface area contributed by atoms with Gasteiger partial charge < -0.3 is 4.74 Å². The number of rotatable bonds is 2. The van der Waals surface area contributed by atoms with Gasteiger partial charge in [0.25, 0.3) is 0 Å². The van der Waals surface area contributed by atoms with Gasteiger partial charge >= 0.3 is 12.1 Å². The summed E-state index contributed by atoms with van der Waals surface area (Å²) in [6, 6.07) is 0. The van der Waals surface area contributed by atoms with E-state index in [-0.39, 0.29) is 0 Å². The molecule has 5 heteroatoms. The van der Waals surface area contributed by atoms with Crippen LogP contribution in [-0.4, -0.2) is 19.3 Å². The Morgan fingerprint density at radius 3 is 2.27 bits per heavy atom. The van der Waals surface area contributed by atoms with Gasteiger partial charge in [0, 0.05) is 0 Å². The second kappa shape index (κ2) is 3.59. The molecule has 0 aliphatic heterocycles. The Morgan fingerprint density at radius 1 is 1.55 bits per heavy atom. The zero-order valence-electron chi connectivity index (χ0n) is 6.23. The first-order valence-corrected chi connectivity index (χ1v) is 3.01. The lowest BCUT2D eigenvalue weighted by Crippen LogP contribution is -2.20. The normalized spacial score (nSPS) is 14.3. The number of methoxy groups -OCH3 is 1. The lowest BCUT2D eigenvalue weighted by molar-refractivity contribution is -0.164. The van der Waals surface area contributed by atoms with E-state index in [0.717, 1.165) is 7.11 Å². The maximum atomic E-state index is 11.6. The van der Waals surface area contributed by atoms with E-state index in [1.54, 1.807) is 0 Å². The van der Waals surface area contributed by atoms with Crippen molar-refractivity contribution in [1.29, 1.82) is 0 Å². The lowest BCUT2D eigenvalue weighted by Gasteiger charge is -2.10. The highest BCUT2D eigenvalue weighted by atomic mass is 19.4. The summed E-state index contributed by atoms with van der Waals surface area (Å²) in [7, 11) is 1.06. The zero-order chi connectivity index (χ0) is 9.07. The van der Waals surface area contributed by atoms with Crippen LogP contribution in [0.3, 0.4) is 0 Å². The summed E-state index contributed by atoms with van der Waals surface area (Å²) in [5, 5.41) is 0. The van der Waals surface area contributed by atoms with Crippen LogP contribution in [0.1, 0.15) is 13.3 Å². The molecule has 0 fully saturated rings. The van der Waals surface area contributed by atoms with Gasteiger partial charge in [0.15, 0.2) is 0 Å². The van der Waals surface area contributed by atoms with Crippen molar-refractivity contribution >= 4 is 5.97 Å². The number of halogens is 3. The first-order chi connectivity index (χ1) is 4.87. The third-order valence-corrected chi connectivity index (χ3v) is 1.14. The maximum Gasteiger partial charge on any atom is 0.389 e. The Morgan fingerprint density at radius 2 is 2.00 bits per heavy atom. The van der Waals surface area contributed by atoms with Crippen molar-refractivity contribution < 1.29 is 22.7 Å². The van der Waals surface area contributed by atoms with E-state index in [1.807, 2.05) is 0 Å². The van der Waals surface area contributed by atoms with Crippen LogP contribution in [0, 0.1) is 5.92 Å². The topological polar surface area (TPSA) is 26.3 Å². The number of hydrogen-bond acceptors (Lipinski definition) is 2. The lowest BCUT2D eigenvalue weighted by atomic mass is 10.1. The van der Waals surface area contributed by atoms with Crippen LogP contribution in [-0.2, 0) is 9.53 Å². The predicted molar refractivity (Wildman–Crippen MR) is 31.9 cm³/mol. The number of ether oxygens (including phenoxy) is 1. The Balaban J connectivity index is 3.87. The number of hydrogen-bond donors (Lipinski definition) is 0. The molecular formula is C6H9F3O2. The van der Waals surface area contributed by atoms with Gasteiger partial charge in [0.2, 0.25) is 0 Å². The molecule has 1 unspecified atom stereocenters. The molecule has 0 radical (unpaired) electrons. The summed E-state index contributed by atoms with van der Waals surface area (Å²) in [6.45, 7) is 1.18. The van der Waals surface area contributed by atoms with Crippen LogP contribution in [0.4, 0.5) is 13.2 Å². The molecule has 0 saturated carbocycles. The van der Waals surface area contributed by atoms with E-state index in [9.17, 15) is 18.0 Å². The molecule has 0 saturated heterocycles. The molecular weight excluding hydrogens is 161 g/mol. The third kappa shape index (κ3) is 4.64.